The number of benzene rings is 6. The summed E-state index contributed by atoms with van der Waals surface area (Å²) in [4.78, 5) is 0. The van der Waals surface area contributed by atoms with E-state index in [4.69, 9.17) is 0 Å². The summed E-state index contributed by atoms with van der Waals surface area (Å²) >= 11 is 0. The van der Waals surface area contributed by atoms with Crippen LogP contribution in [0.25, 0.3) is 32.3 Å². The topological polar surface area (TPSA) is 0 Å². The van der Waals surface area contributed by atoms with Gasteiger partial charge in [0.05, 0.1) is 0 Å². The molecule has 0 bridgehead atoms. The summed E-state index contributed by atoms with van der Waals surface area (Å²) < 4.78 is 0. The van der Waals surface area contributed by atoms with Gasteiger partial charge in [0, 0.05) is 22.3 Å². The molecule has 0 saturated heterocycles. The van der Waals surface area contributed by atoms with E-state index < -0.39 is 0 Å². The molecule has 0 fully saturated rings. The minimum Gasteiger partial charge on any atom is -0.0651 e. The summed E-state index contributed by atoms with van der Waals surface area (Å²) in [7, 11) is 0. The summed E-state index contributed by atoms with van der Waals surface area (Å²) in [5.74, 6) is 13.7. The van der Waals surface area contributed by atoms with Crippen LogP contribution >= 0.6 is 0 Å². The second-order valence-corrected chi connectivity index (χ2v) is 10.0. The third kappa shape index (κ3) is 4.63. The first kappa shape index (κ1) is 23.9. The predicted molar refractivity (Wildman–Crippen MR) is 163 cm³/mol. The van der Waals surface area contributed by atoms with Crippen LogP contribution in [-0.2, 0) is 12.8 Å². The lowest BCUT2D eigenvalue weighted by molar-refractivity contribution is 0.922. The molecule has 0 N–H and O–H groups in total. The fourth-order valence-electron chi connectivity index (χ4n) is 5.38. The van der Waals surface area contributed by atoms with Crippen molar-refractivity contribution in [2.24, 2.45) is 0 Å². The maximum Gasteiger partial charge on any atom is 0.0328 e. The van der Waals surface area contributed by atoms with Crippen molar-refractivity contribution in [2.75, 3.05) is 0 Å². The number of hydrogen-bond acceptors (Lipinski definition) is 0. The van der Waals surface area contributed by atoms with Crippen molar-refractivity contribution in [1.82, 2.24) is 0 Å². The standard InChI is InChI=1S/C38H30/c1-3-5-27-7-11-29(12-8-27)15-17-31-19-21-33-23-24-34-22-20-32(36-26-25-35(31)37(33)38(34)36)18-16-30-13-9-28(6-4-2)10-14-30/h7-14,19-26H,3-6H2,1-2H3. The summed E-state index contributed by atoms with van der Waals surface area (Å²) in [6.07, 6.45) is 4.54. The maximum atomic E-state index is 3.46. The van der Waals surface area contributed by atoms with Crippen LogP contribution in [0.3, 0.4) is 0 Å². The highest BCUT2D eigenvalue weighted by Crippen LogP contribution is 2.37. The highest BCUT2D eigenvalue weighted by atomic mass is 14.1. The average molecular weight is 487 g/mol. The molecule has 6 aromatic carbocycles. The minimum absolute atomic E-state index is 1.05. The van der Waals surface area contributed by atoms with E-state index in [1.807, 2.05) is 0 Å². The Hall–Kier alpha value is -4.52. The normalized spacial score (nSPS) is 10.9. The molecule has 6 rings (SSSR count). The van der Waals surface area contributed by atoms with Crippen LogP contribution in [0.1, 0.15) is 60.1 Å². The van der Waals surface area contributed by atoms with Crippen LogP contribution in [0.2, 0.25) is 0 Å². The summed E-state index contributed by atoms with van der Waals surface area (Å²) in [6.45, 7) is 4.42. The number of aryl methyl sites for hydroxylation is 2. The van der Waals surface area contributed by atoms with Gasteiger partial charge in [-0.05, 0) is 92.7 Å². The Morgan fingerprint density at radius 1 is 0.421 bits per heavy atom. The molecule has 0 unspecified atom stereocenters. The van der Waals surface area contributed by atoms with Crippen molar-refractivity contribution in [3.05, 3.63) is 130 Å². The van der Waals surface area contributed by atoms with Gasteiger partial charge in [0.15, 0.2) is 0 Å². The molecule has 6 aromatic rings. The highest BCUT2D eigenvalue weighted by molar-refractivity contribution is 6.24. The van der Waals surface area contributed by atoms with E-state index in [1.165, 1.54) is 43.4 Å². The maximum absolute atomic E-state index is 3.46. The molecular weight excluding hydrogens is 456 g/mol. The van der Waals surface area contributed by atoms with Gasteiger partial charge in [-0.3, -0.25) is 0 Å². The molecule has 0 atom stereocenters. The van der Waals surface area contributed by atoms with Gasteiger partial charge in [-0.15, -0.1) is 0 Å². The Morgan fingerprint density at radius 2 is 0.816 bits per heavy atom. The van der Waals surface area contributed by atoms with Gasteiger partial charge in [0.25, 0.3) is 0 Å². The zero-order valence-corrected chi connectivity index (χ0v) is 22.1. The van der Waals surface area contributed by atoms with Crippen LogP contribution in [0, 0.1) is 23.7 Å². The van der Waals surface area contributed by atoms with E-state index in [0.29, 0.717) is 0 Å². The first-order valence-corrected chi connectivity index (χ1v) is 13.7. The third-order valence-electron chi connectivity index (χ3n) is 7.33. The lowest BCUT2D eigenvalue weighted by Crippen LogP contribution is -1.89. The lowest BCUT2D eigenvalue weighted by Gasteiger charge is -2.13. The fraction of sp³-hybridized carbons (Fsp3) is 0.158. The van der Waals surface area contributed by atoms with Gasteiger partial charge >= 0.3 is 0 Å². The Morgan fingerprint density at radius 3 is 1.21 bits per heavy atom. The van der Waals surface area contributed by atoms with Crippen molar-refractivity contribution >= 4 is 32.3 Å². The van der Waals surface area contributed by atoms with Gasteiger partial charge in [-0.2, -0.15) is 0 Å². The summed E-state index contributed by atoms with van der Waals surface area (Å²) in [5, 5.41) is 7.43. The van der Waals surface area contributed by atoms with Crippen LogP contribution in [0.4, 0.5) is 0 Å². The Bertz CT molecular complexity index is 1720. The molecule has 0 spiro atoms. The van der Waals surface area contributed by atoms with Gasteiger partial charge in [0.1, 0.15) is 0 Å². The molecule has 0 aliphatic carbocycles. The molecule has 0 saturated carbocycles. The van der Waals surface area contributed by atoms with Gasteiger partial charge in [0.2, 0.25) is 0 Å². The van der Waals surface area contributed by atoms with Crippen molar-refractivity contribution < 1.29 is 0 Å². The second-order valence-electron chi connectivity index (χ2n) is 10.0. The van der Waals surface area contributed by atoms with Gasteiger partial charge in [-0.1, -0.05) is 111 Å². The molecule has 0 heteroatoms. The molecule has 0 amide bonds. The fourth-order valence-corrected chi connectivity index (χ4v) is 5.38. The van der Waals surface area contributed by atoms with Crippen LogP contribution < -0.4 is 0 Å². The smallest absolute Gasteiger partial charge is 0.0328 e. The minimum atomic E-state index is 1.05. The Balaban J connectivity index is 1.42. The zero-order valence-electron chi connectivity index (χ0n) is 22.1. The highest BCUT2D eigenvalue weighted by Gasteiger charge is 2.12. The van der Waals surface area contributed by atoms with E-state index in [-0.39, 0.29) is 0 Å². The monoisotopic (exact) mass is 486 g/mol. The van der Waals surface area contributed by atoms with E-state index in [9.17, 15) is 0 Å². The first-order valence-electron chi connectivity index (χ1n) is 13.7. The molecule has 0 heterocycles. The van der Waals surface area contributed by atoms with Gasteiger partial charge < -0.3 is 0 Å². The van der Waals surface area contributed by atoms with E-state index in [0.717, 1.165) is 47.9 Å². The molecular formula is C38H30. The largest absolute Gasteiger partial charge is 0.0651 e. The molecule has 0 aliphatic heterocycles. The SMILES string of the molecule is CCCc1ccc(C#Cc2ccc3ccc4ccc(C#Cc5ccc(CCC)cc5)c5ccc2c3c45)cc1. The van der Waals surface area contributed by atoms with Crippen molar-refractivity contribution in [1.29, 1.82) is 0 Å². The molecule has 0 aliphatic rings. The van der Waals surface area contributed by atoms with Crippen molar-refractivity contribution in [2.45, 2.75) is 39.5 Å². The van der Waals surface area contributed by atoms with Crippen LogP contribution in [0.5, 0.6) is 0 Å². The van der Waals surface area contributed by atoms with E-state index >= 15 is 0 Å². The third-order valence-corrected chi connectivity index (χ3v) is 7.33. The quantitative estimate of drug-likeness (QED) is 0.172. The predicted octanol–water partition coefficient (Wildman–Crippen LogP) is 9.29. The van der Waals surface area contributed by atoms with Gasteiger partial charge in [-0.25, -0.2) is 0 Å². The number of rotatable bonds is 4. The zero-order chi connectivity index (χ0) is 25.9. The van der Waals surface area contributed by atoms with Crippen molar-refractivity contribution in [3.8, 4) is 23.7 Å². The lowest BCUT2D eigenvalue weighted by atomic mass is 9.90. The summed E-state index contributed by atoms with van der Waals surface area (Å²) in [5.41, 5.74) is 6.97. The summed E-state index contributed by atoms with van der Waals surface area (Å²) in [6, 6.07) is 34.9. The average Bonchev–Trinajstić information content (AvgIpc) is 2.96. The molecule has 0 radical (unpaired) electrons. The molecule has 182 valence electrons. The second kappa shape index (κ2) is 10.5. The molecule has 0 aromatic heterocycles. The van der Waals surface area contributed by atoms with Crippen LogP contribution in [0.15, 0.2) is 97.1 Å². The molecule has 0 nitrogen and oxygen atoms in total. The Kier molecular flexibility index (Phi) is 6.56. The Labute approximate surface area is 225 Å². The van der Waals surface area contributed by atoms with E-state index in [1.54, 1.807) is 0 Å². The first-order chi connectivity index (χ1) is 18.7. The molecule has 38 heavy (non-hydrogen) atoms. The van der Waals surface area contributed by atoms with Crippen molar-refractivity contribution in [3.63, 3.8) is 0 Å². The van der Waals surface area contributed by atoms with Crippen LogP contribution in [-0.4, -0.2) is 0 Å². The van der Waals surface area contributed by atoms with E-state index in [2.05, 4.69) is 135 Å². The number of hydrogen-bond donors (Lipinski definition) is 0.